The summed E-state index contributed by atoms with van der Waals surface area (Å²) in [7, 11) is -3.99. The van der Waals surface area contributed by atoms with Gasteiger partial charge in [-0.1, -0.05) is 103 Å². The fourth-order valence-electron chi connectivity index (χ4n) is 4.09. The Hall–Kier alpha value is -2.49. The highest BCUT2D eigenvalue weighted by atomic mass is 35.5. The second-order valence-electron chi connectivity index (χ2n) is 9.96. The van der Waals surface area contributed by atoms with Gasteiger partial charge in [0.1, 0.15) is 12.6 Å². The Morgan fingerprint density at radius 2 is 1.54 bits per heavy atom. The van der Waals surface area contributed by atoms with E-state index in [1.807, 2.05) is 44.2 Å². The number of hydrogen-bond acceptors (Lipinski definition) is 4. The van der Waals surface area contributed by atoms with Crippen LogP contribution in [0.5, 0.6) is 0 Å². The van der Waals surface area contributed by atoms with Crippen LogP contribution in [0.4, 0.5) is 5.69 Å². The molecule has 0 saturated carbocycles. The normalized spacial score (nSPS) is 12.2. The summed E-state index contributed by atoms with van der Waals surface area (Å²) in [5.74, 6) is -0.831. The van der Waals surface area contributed by atoms with Crippen LogP contribution in [-0.2, 0) is 32.6 Å². The third kappa shape index (κ3) is 9.25. The minimum absolute atomic E-state index is 0.0149. The van der Waals surface area contributed by atoms with Gasteiger partial charge in [-0.15, -0.1) is 0 Å². The summed E-state index contributed by atoms with van der Waals surface area (Å²) < 4.78 is 26.7. The Labute approximate surface area is 261 Å². The van der Waals surface area contributed by atoms with Gasteiger partial charge in [-0.2, -0.15) is 0 Å². The average Bonchev–Trinajstić information content (AvgIpc) is 2.91. The first-order valence-electron chi connectivity index (χ1n) is 12.7. The fraction of sp³-hybridized carbons (Fsp3) is 0.310. The van der Waals surface area contributed by atoms with Crippen LogP contribution in [0, 0.1) is 5.92 Å². The summed E-state index contributed by atoms with van der Waals surface area (Å²) >= 11 is 24.9. The van der Waals surface area contributed by atoms with E-state index in [-0.39, 0.29) is 45.5 Å². The third-order valence-corrected chi connectivity index (χ3v) is 8.85. The van der Waals surface area contributed by atoms with Gasteiger partial charge in [0.2, 0.25) is 21.8 Å². The molecule has 220 valence electrons. The minimum atomic E-state index is -3.99. The number of sulfonamides is 1. The molecule has 0 aliphatic carbocycles. The van der Waals surface area contributed by atoms with E-state index in [9.17, 15) is 18.0 Å². The zero-order valence-corrected chi connectivity index (χ0v) is 26.6. The monoisotopic (exact) mass is 657 g/mol. The lowest BCUT2D eigenvalue weighted by molar-refractivity contribution is -0.140. The van der Waals surface area contributed by atoms with Gasteiger partial charge < -0.3 is 10.2 Å². The predicted octanol–water partition coefficient (Wildman–Crippen LogP) is 6.48. The molecule has 0 aromatic heterocycles. The smallest absolute Gasteiger partial charge is 0.244 e. The van der Waals surface area contributed by atoms with Crippen LogP contribution in [0.25, 0.3) is 0 Å². The van der Waals surface area contributed by atoms with Gasteiger partial charge in [0.25, 0.3) is 0 Å². The maximum absolute atomic E-state index is 14.1. The molecular formula is C29H31Cl4N3O4S. The van der Waals surface area contributed by atoms with Crippen molar-refractivity contribution in [3.63, 3.8) is 0 Å². The van der Waals surface area contributed by atoms with E-state index in [1.165, 1.54) is 23.1 Å². The molecule has 3 aromatic rings. The molecule has 0 heterocycles. The Bertz CT molecular complexity index is 1490. The second-order valence-corrected chi connectivity index (χ2v) is 13.5. The van der Waals surface area contributed by atoms with Crippen molar-refractivity contribution in [3.8, 4) is 0 Å². The first-order chi connectivity index (χ1) is 19.3. The molecule has 0 spiro atoms. The van der Waals surface area contributed by atoms with Gasteiger partial charge >= 0.3 is 0 Å². The number of amides is 2. The topological polar surface area (TPSA) is 86.8 Å². The molecule has 41 heavy (non-hydrogen) atoms. The molecule has 7 nitrogen and oxygen atoms in total. The molecule has 3 aromatic carbocycles. The van der Waals surface area contributed by atoms with Crippen LogP contribution in [0.1, 0.15) is 25.0 Å². The molecule has 0 unspecified atom stereocenters. The molecule has 1 atom stereocenters. The van der Waals surface area contributed by atoms with Crippen LogP contribution in [0.2, 0.25) is 20.1 Å². The Morgan fingerprint density at radius 1 is 0.854 bits per heavy atom. The maximum atomic E-state index is 14.1. The number of halogens is 4. The molecule has 0 fully saturated rings. The summed E-state index contributed by atoms with van der Waals surface area (Å²) in [6.07, 6.45) is 1.16. The summed E-state index contributed by atoms with van der Waals surface area (Å²) in [6.45, 7) is 3.66. The van der Waals surface area contributed by atoms with Gasteiger partial charge in [-0.05, 0) is 41.3 Å². The molecule has 2 amide bonds. The zero-order chi connectivity index (χ0) is 30.3. The number of nitrogens with one attached hydrogen (secondary N) is 1. The average molecular weight is 659 g/mol. The van der Waals surface area contributed by atoms with Crippen LogP contribution < -0.4 is 9.62 Å². The first-order valence-corrected chi connectivity index (χ1v) is 16.1. The van der Waals surface area contributed by atoms with Crippen LogP contribution in [0.15, 0.2) is 66.7 Å². The number of benzene rings is 3. The standard InChI is InChI=1S/C29H31Cl4N3O4S/c1-19(2)16-34-29(38)26(15-20-8-5-4-6-9-20)35(17-21-12-13-22(30)24(32)14-21)27(37)18-36(41(3,39)40)25-11-7-10-23(31)28(25)33/h4-14,19,26H,15-18H2,1-3H3,(H,34,38)/t26-/m0/s1. The summed E-state index contributed by atoms with van der Waals surface area (Å²) in [5, 5.41) is 3.66. The molecule has 0 aliphatic heterocycles. The minimum Gasteiger partial charge on any atom is -0.354 e. The van der Waals surface area contributed by atoms with E-state index < -0.39 is 28.5 Å². The second kappa shape index (κ2) is 14.6. The van der Waals surface area contributed by atoms with Crippen molar-refractivity contribution in [2.24, 2.45) is 5.92 Å². The van der Waals surface area contributed by atoms with E-state index >= 15 is 0 Å². The molecule has 0 bridgehead atoms. The van der Waals surface area contributed by atoms with Gasteiger partial charge in [-0.25, -0.2) is 8.42 Å². The predicted molar refractivity (Wildman–Crippen MR) is 167 cm³/mol. The molecule has 0 aliphatic rings. The van der Waals surface area contributed by atoms with Crippen molar-refractivity contribution < 1.29 is 18.0 Å². The van der Waals surface area contributed by atoms with Gasteiger partial charge in [-0.3, -0.25) is 13.9 Å². The van der Waals surface area contributed by atoms with E-state index in [1.54, 1.807) is 18.2 Å². The van der Waals surface area contributed by atoms with Crippen molar-refractivity contribution in [2.45, 2.75) is 32.9 Å². The Balaban J connectivity index is 2.09. The Kier molecular flexibility index (Phi) is 11.8. The summed E-state index contributed by atoms with van der Waals surface area (Å²) in [4.78, 5) is 29.1. The molecule has 12 heteroatoms. The Morgan fingerprint density at radius 3 is 2.15 bits per heavy atom. The summed E-state index contributed by atoms with van der Waals surface area (Å²) in [6, 6.07) is 17.7. The molecular weight excluding hydrogens is 628 g/mol. The summed E-state index contributed by atoms with van der Waals surface area (Å²) in [5.41, 5.74) is 1.48. The quantitative estimate of drug-likeness (QED) is 0.241. The number of anilines is 1. The number of nitrogens with zero attached hydrogens (tertiary/aromatic N) is 2. The number of carbonyl (C=O) groups excluding carboxylic acids is 2. The highest BCUT2D eigenvalue weighted by Gasteiger charge is 2.33. The molecule has 0 radical (unpaired) electrons. The van der Waals surface area contributed by atoms with Crippen molar-refractivity contribution in [2.75, 3.05) is 23.7 Å². The van der Waals surface area contributed by atoms with Crippen LogP contribution in [0.3, 0.4) is 0 Å². The van der Waals surface area contributed by atoms with E-state index in [0.29, 0.717) is 17.1 Å². The maximum Gasteiger partial charge on any atom is 0.244 e. The zero-order valence-electron chi connectivity index (χ0n) is 22.8. The fourth-order valence-corrected chi connectivity index (χ4v) is 5.71. The molecule has 3 rings (SSSR count). The van der Waals surface area contributed by atoms with Crippen molar-refractivity contribution in [3.05, 3.63) is 97.9 Å². The van der Waals surface area contributed by atoms with E-state index in [4.69, 9.17) is 46.4 Å². The lowest BCUT2D eigenvalue weighted by Gasteiger charge is -2.34. The molecule has 1 N–H and O–H groups in total. The van der Waals surface area contributed by atoms with Crippen LogP contribution in [-0.4, -0.2) is 50.5 Å². The van der Waals surface area contributed by atoms with Gasteiger partial charge in [0.15, 0.2) is 0 Å². The SMILES string of the molecule is CC(C)CNC(=O)[C@H](Cc1ccccc1)N(Cc1ccc(Cl)c(Cl)c1)C(=O)CN(c1cccc(Cl)c1Cl)S(C)(=O)=O. The van der Waals surface area contributed by atoms with Gasteiger partial charge in [0, 0.05) is 19.5 Å². The third-order valence-electron chi connectivity index (χ3n) is 6.17. The first kappa shape index (κ1) is 33.0. The van der Waals surface area contributed by atoms with Gasteiger partial charge in [0.05, 0.1) is 32.0 Å². The van der Waals surface area contributed by atoms with E-state index in [0.717, 1.165) is 16.1 Å². The number of rotatable bonds is 12. The highest BCUT2D eigenvalue weighted by molar-refractivity contribution is 7.92. The van der Waals surface area contributed by atoms with Crippen molar-refractivity contribution >= 4 is 73.9 Å². The lowest BCUT2D eigenvalue weighted by atomic mass is 10.0. The van der Waals surface area contributed by atoms with Crippen LogP contribution >= 0.6 is 46.4 Å². The number of carbonyl (C=O) groups is 2. The van der Waals surface area contributed by atoms with E-state index in [2.05, 4.69) is 5.32 Å². The van der Waals surface area contributed by atoms with Crippen molar-refractivity contribution in [1.29, 1.82) is 0 Å². The lowest BCUT2D eigenvalue weighted by Crippen LogP contribution is -2.53. The van der Waals surface area contributed by atoms with Crippen molar-refractivity contribution in [1.82, 2.24) is 10.2 Å². The number of hydrogen-bond donors (Lipinski definition) is 1. The highest BCUT2D eigenvalue weighted by Crippen LogP contribution is 2.34. The molecule has 0 saturated heterocycles. The largest absolute Gasteiger partial charge is 0.354 e.